The molecule has 1 amide bonds. The van der Waals surface area contributed by atoms with Crippen molar-refractivity contribution in [3.63, 3.8) is 0 Å². The number of benzene rings is 1. The maximum absolute atomic E-state index is 12.7. The summed E-state index contributed by atoms with van der Waals surface area (Å²) in [6.45, 7) is 7.36. The van der Waals surface area contributed by atoms with Gasteiger partial charge in [-0.3, -0.25) is 10.1 Å². The lowest BCUT2D eigenvalue weighted by atomic mass is 9.91. The van der Waals surface area contributed by atoms with E-state index in [1.807, 2.05) is 51.4 Å². The van der Waals surface area contributed by atoms with Gasteiger partial charge in [-0.2, -0.15) is 0 Å². The van der Waals surface area contributed by atoms with Crippen LogP contribution in [-0.4, -0.2) is 32.5 Å². The summed E-state index contributed by atoms with van der Waals surface area (Å²) in [5, 5.41) is 16.1. The molecule has 138 valence electrons. The van der Waals surface area contributed by atoms with Gasteiger partial charge in [0.05, 0.1) is 32.8 Å². The summed E-state index contributed by atoms with van der Waals surface area (Å²) in [5.41, 5.74) is 2.84. The number of aliphatic hydroxyl groups is 1. The van der Waals surface area contributed by atoms with Crippen molar-refractivity contribution in [1.82, 2.24) is 10.1 Å². The topological polar surface area (TPSA) is 88.2 Å². The lowest BCUT2D eigenvalue weighted by molar-refractivity contribution is -0.117. The summed E-state index contributed by atoms with van der Waals surface area (Å²) in [6, 6.07) is 7.63. The Morgan fingerprint density at radius 2 is 2.08 bits per heavy atom. The van der Waals surface area contributed by atoms with Crippen molar-refractivity contribution in [1.29, 1.82) is 0 Å². The quantitative estimate of drug-likeness (QED) is 0.616. The van der Waals surface area contributed by atoms with Gasteiger partial charge < -0.3 is 9.63 Å². The second kappa shape index (κ2) is 7.02. The number of hydrogen-bond donors (Lipinski definition) is 2. The molecule has 0 aliphatic carbocycles. The smallest absolute Gasteiger partial charge is 0.242 e. The molecule has 0 radical (unpaired) electrons. The zero-order valence-electron chi connectivity index (χ0n) is 15.1. The Labute approximate surface area is 160 Å². The molecule has 0 fully saturated rings. The van der Waals surface area contributed by atoms with Crippen LogP contribution in [0.2, 0.25) is 0 Å². The maximum Gasteiger partial charge on any atom is 0.242 e. The van der Waals surface area contributed by atoms with E-state index in [0.717, 1.165) is 15.1 Å². The number of aliphatic hydroxyl groups excluding tert-OH is 1. The van der Waals surface area contributed by atoms with Crippen molar-refractivity contribution in [2.45, 2.75) is 42.8 Å². The first-order valence-electron chi connectivity index (χ1n) is 8.13. The molecule has 2 aromatic heterocycles. The normalized spacial score (nSPS) is 12.5. The van der Waals surface area contributed by atoms with Gasteiger partial charge in [0.2, 0.25) is 11.8 Å². The van der Waals surface area contributed by atoms with Crippen molar-refractivity contribution in [2.24, 2.45) is 0 Å². The highest BCUT2D eigenvalue weighted by atomic mass is 32.2. The summed E-state index contributed by atoms with van der Waals surface area (Å²) in [6.07, 6.45) is 0. The lowest BCUT2D eigenvalue weighted by Crippen LogP contribution is -2.33. The van der Waals surface area contributed by atoms with Gasteiger partial charge in [0.1, 0.15) is 0 Å². The van der Waals surface area contributed by atoms with E-state index in [9.17, 15) is 9.90 Å². The van der Waals surface area contributed by atoms with Gasteiger partial charge in [-0.15, -0.1) is 23.1 Å². The average Bonchev–Trinajstić information content (AvgIpc) is 3.23. The molecule has 0 unspecified atom stereocenters. The lowest BCUT2D eigenvalue weighted by Gasteiger charge is -2.22. The molecule has 3 aromatic rings. The van der Waals surface area contributed by atoms with Gasteiger partial charge >= 0.3 is 0 Å². The van der Waals surface area contributed by atoms with Crippen LogP contribution >= 0.6 is 23.1 Å². The largest absolute Gasteiger partial charge is 0.395 e. The Kier molecular flexibility index (Phi) is 5.09. The van der Waals surface area contributed by atoms with Gasteiger partial charge in [-0.1, -0.05) is 19.0 Å². The number of thiazole rings is 1. The van der Waals surface area contributed by atoms with Crippen LogP contribution in [0, 0.1) is 0 Å². The van der Waals surface area contributed by atoms with Crippen LogP contribution in [0.5, 0.6) is 0 Å². The number of nitrogens with zero attached hydrogens (tertiary/aromatic N) is 2. The van der Waals surface area contributed by atoms with Gasteiger partial charge in [0.15, 0.2) is 0 Å². The minimum atomic E-state index is -0.711. The van der Waals surface area contributed by atoms with Crippen molar-refractivity contribution in [3.05, 3.63) is 35.5 Å². The summed E-state index contributed by atoms with van der Waals surface area (Å²) >= 11 is 3.05. The predicted molar refractivity (Wildman–Crippen MR) is 105 cm³/mol. The van der Waals surface area contributed by atoms with Crippen molar-refractivity contribution in [3.8, 4) is 0 Å². The summed E-state index contributed by atoms with van der Waals surface area (Å²) in [4.78, 5) is 18.0. The van der Waals surface area contributed by atoms with Crippen LogP contribution in [0.15, 0.2) is 39.2 Å². The summed E-state index contributed by atoms with van der Waals surface area (Å²) in [5.74, 6) is 0.0921. The number of nitrogens with one attached hydrogen (secondary N) is 1. The molecule has 2 N–H and O–H groups in total. The van der Waals surface area contributed by atoms with Crippen molar-refractivity contribution < 1.29 is 14.4 Å². The van der Waals surface area contributed by atoms with Crippen LogP contribution in [-0.2, 0) is 10.2 Å². The Morgan fingerprint density at radius 1 is 1.31 bits per heavy atom. The number of amides is 1. The van der Waals surface area contributed by atoms with Crippen LogP contribution in [0.25, 0.3) is 10.2 Å². The fourth-order valence-corrected chi connectivity index (χ4v) is 4.07. The molecule has 26 heavy (non-hydrogen) atoms. The highest BCUT2D eigenvalue weighted by Crippen LogP contribution is 2.36. The second-order valence-corrected chi connectivity index (χ2v) is 9.75. The first-order chi connectivity index (χ1) is 12.2. The number of aromatic nitrogens is 2. The number of rotatable bonds is 6. The molecule has 0 saturated heterocycles. The zero-order chi connectivity index (χ0) is 18.9. The predicted octanol–water partition coefficient (Wildman–Crippen LogP) is 4.06. The van der Waals surface area contributed by atoms with E-state index in [2.05, 4.69) is 15.5 Å². The molecular weight excluding hydrogens is 370 g/mol. The molecule has 0 atom stereocenters. The molecule has 0 bridgehead atoms. The van der Waals surface area contributed by atoms with Crippen molar-refractivity contribution in [2.75, 3.05) is 11.9 Å². The van der Waals surface area contributed by atoms with Crippen LogP contribution < -0.4 is 5.32 Å². The minimum absolute atomic E-state index is 0.0612. The molecule has 6 nitrogen and oxygen atoms in total. The second-order valence-electron chi connectivity index (χ2n) is 7.17. The van der Waals surface area contributed by atoms with Gasteiger partial charge in [-0.25, -0.2) is 4.98 Å². The first kappa shape index (κ1) is 18.9. The van der Waals surface area contributed by atoms with Gasteiger partial charge in [-0.05, 0) is 32.0 Å². The molecule has 0 aliphatic rings. The van der Waals surface area contributed by atoms with Crippen LogP contribution in [0.4, 0.5) is 5.88 Å². The van der Waals surface area contributed by atoms with E-state index in [4.69, 9.17) is 4.52 Å². The number of hydrogen-bond acceptors (Lipinski definition) is 7. The third-order valence-corrected chi connectivity index (χ3v) is 6.04. The molecule has 8 heteroatoms. The number of carbonyl (C=O) groups is 1. The molecule has 0 spiro atoms. The van der Waals surface area contributed by atoms with E-state index < -0.39 is 10.2 Å². The fourth-order valence-electron chi connectivity index (χ4n) is 2.24. The fraction of sp³-hybridized carbons (Fsp3) is 0.389. The summed E-state index contributed by atoms with van der Waals surface area (Å²) < 4.78 is 5.59. The molecular formula is C18H21N3O3S2. The Balaban J connectivity index is 1.71. The molecule has 2 heterocycles. The SMILES string of the molecule is CC(C)(Sc1ccc2ncsc2c1)C(=O)Nc1cc(C(C)(C)CO)no1. The molecule has 0 saturated carbocycles. The summed E-state index contributed by atoms with van der Waals surface area (Å²) in [7, 11) is 0. The molecule has 1 aromatic carbocycles. The van der Waals surface area contributed by atoms with E-state index in [1.165, 1.54) is 11.8 Å². The minimum Gasteiger partial charge on any atom is -0.395 e. The Bertz CT molecular complexity index is 931. The van der Waals surface area contributed by atoms with Gasteiger partial charge in [0.25, 0.3) is 0 Å². The highest BCUT2D eigenvalue weighted by Gasteiger charge is 2.31. The third-order valence-electron chi connectivity index (χ3n) is 4.06. The highest BCUT2D eigenvalue weighted by molar-refractivity contribution is 8.01. The zero-order valence-corrected chi connectivity index (χ0v) is 16.7. The number of fused-ring (bicyclic) bond motifs is 1. The van der Waals surface area contributed by atoms with Gasteiger partial charge in [0, 0.05) is 16.4 Å². The number of carbonyl (C=O) groups excluding carboxylic acids is 1. The van der Waals surface area contributed by atoms with E-state index >= 15 is 0 Å². The standard InChI is InChI=1S/C18H21N3O3S2/c1-17(2,9-22)14-8-15(24-21-14)20-16(23)18(3,4)26-11-5-6-12-13(7-11)25-10-19-12/h5-8,10,22H,9H2,1-4H3,(H,20,23). The average molecular weight is 392 g/mol. The number of thioether (sulfide) groups is 1. The van der Waals surface area contributed by atoms with E-state index in [1.54, 1.807) is 17.4 Å². The monoisotopic (exact) mass is 391 g/mol. The van der Waals surface area contributed by atoms with Crippen molar-refractivity contribution >= 4 is 45.1 Å². The first-order valence-corrected chi connectivity index (χ1v) is 9.83. The van der Waals surface area contributed by atoms with Crippen LogP contribution in [0.3, 0.4) is 0 Å². The Hall–Kier alpha value is -1.90. The Morgan fingerprint density at radius 3 is 2.81 bits per heavy atom. The van der Waals surface area contributed by atoms with Crippen LogP contribution in [0.1, 0.15) is 33.4 Å². The number of anilines is 1. The molecule has 3 rings (SSSR count). The third kappa shape index (κ3) is 3.92. The van der Waals surface area contributed by atoms with E-state index in [-0.39, 0.29) is 18.4 Å². The maximum atomic E-state index is 12.7. The molecule has 0 aliphatic heterocycles. The van der Waals surface area contributed by atoms with E-state index in [0.29, 0.717) is 5.69 Å².